The lowest BCUT2D eigenvalue weighted by molar-refractivity contribution is -0.0925. The molecule has 0 heterocycles. The first-order chi connectivity index (χ1) is 8.18. The van der Waals surface area contributed by atoms with Crippen LogP contribution in [-0.2, 0) is 4.74 Å². The molecule has 1 saturated carbocycles. The maximum atomic E-state index is 6.21. The van der Waals surface area contributed by atoms with Gasteiger partial charge in [-0.25, -0.2) is 0 Å². The SMILES string of the molecule is CCOC1(C(CC(C)CC)NC)CCCCC1. The maximum absolute atomic E-state index is 6.21. The first kappa shape index (κ1) is 15.0. The van der Waals surface area contributed by atoms with E-state index in [1.807, 2.05) is 0 Å². The molecular formula is C15H31NO. The van der Waals surface area contributed by atoms with E-state index in [0.717, 1.165) is 12.5 Å². The highest BCUT2D eigenvalue weighted by Crippen LogP contribution is 2.36. The van der Waals surface area contributed by atoms with E-state index in [9.17, 15) is 0 Å². The summed E-state index contributed by atoms with van der Waals surface area (Å²) in [5, 5.41) is 3.54. The van der Waals surface area contributed by atoms with Crippen LogP contribution in [0.25, 0.3) is 0 Å². The summed E-state index contributed by atoms with van der Waals surface area (Å²) in [6, 6.07) is 0.526. The second-order valence-corrected chi connectivity index (χ2v) is 5.65. The van der Waals surface area contributed by atoms with Crippen LogP contribution in [0.15, 0.2) is 0 Å². The summed E-state index contributed by atoms with van der Waals surface area (Å²) in [7, 11) is 2.10. The predicted molar refractivity (Wildman–Crippen MR) is 74.4 cm³/mol. The zero-order valence-corrected chi connectivity index (χ0v) is 12.2. The van der Waals surface area contributed by atoms with E-state index in [-0.39, 0.29) is 5.60 Å². The normalized spacial score (nSPS) is 23.3. The molecule has 1 aliphatic carbocycles. The Labute approximate surface area is 108 Å². The van der Waals surface area contributed by atoms with Crippen LogP contribution in [-0.4, -0.2) is 25.3 Å². The van der Waals surface area contributed by atoms with Crippen LogP contribution in [0.1, 0.15) is 65.7 Å². The van der Waals surface area contributed by atoms with Crippen LogP contribution in [0.4, 0.5) is 0 Å². The Hall–Kier alpha value is -0.0800. The molecule has 0 aromatic carbocycles. The Morgan fingerprint density at radius 3 is 2.29 bits per heavy atom. The lowest BCUT2D eigenvalue weighted by atomic mass is 9.76. The molecule has 2 heteroatoms. The third kappa shape index (κ3) is 3.96. The van der Waals surface area contributed by atoms with Crippen molar-refractivity contribution in [1.82, 2.24) is 5.32 Å². The minimum Gasteiger partial charge on any atom is -0.374 e. The van der Waals surface area contributed by atoms with Gasteiger partial charge in [0.05, 0.1) is 5.60 Å². The molecule has 0 radical (unpaired) electrons. The molecule has 0 aromatic rings. The van der Waals surface area contributed by atoms with Crippen molar-refractivity contribution in [1.29, 1.82) is 0 Å². The summed E-state index contributed by atoms with van der Waals surface area (Å²) in [5.74, 6) is 0.784. The molecule has 2 atom stereocenters. The zero-order valence-electron chi connectivity index (χ0n) is 12.2. The van der Waals surface area contributed by atoms with Gasteiger partial charge in [-0.2, -0.15) is 0 Å². The second-order valence-electron chi connectivity index (χ2n) is 5.65. The number of hydrogen-bond acceptors (Lipinski definition) is 2. The first-order valence-electron chi connectivity index (χ1n) is 7.49. The summed E-state index contributed by atoms with van der Waals surface area (Å²) in [6.45, 7) is 7.61. The van der Waals surface area contributed by atoms with Crippen LogP contribution >= 0.6 is 0 Å². The summed E-state index contributed by atoms with van der Waals surface area (Å²) < 4.78 is 6.21. The largest absolute Gasteiger partial charge is 0.374 e. The van der Waals surface area contributed by atoms with E-state index >= 15 is 0 Å². The third-order valence-electron chi connectivity index (χ3n) is 4.45. The van der Waals surface area contributed by atoms with Gasteiger partial charge in [-0.1, -0.05) is 39.5 Å². The molecule has 1 fully saturated rings. The number of nitrogens with one attached hydrogen (secondary N) is 1. The molecule has 0 aliphatic heterocycles. The number of ether oxygens (including phenoxy) is 1. The van der Waals surface area contributed by atoms with Crippen LogP contribution in [0, 0.1) is 5.92 Å². The van der Waals surface area contributed by atoms with Crippen LogP contribution in [0.5, 0.6) is 0 Å². The molecule has 0 spiro atoms. The van der Waals surface area contributed by atoms with Crippen LogP contribution in [0.3, 0.4) is 0 Å². The van der Waals surface area contributed by atoms with Gasteiger partial charge in [-0.05, 0) is 39.2 Å². The Morgan fingerprint density at radius 2 is 1.82 bits per heavy atom. The molecule has 0 aromatic heterocycles. The van der Waals surface area contributed by atoms with Crippen molar-refractivity contribution in [3.63, 3.8) is 0 Å². The fraction of sp³-hybridized carbons (Fsp3) is 1.00. The van der Waals surface area contributed by atoms with Gasteiger partial charge in [0.1, 0.15) is 0 Å². The zero-order chi connectivity index (χ0) is 12.7. The highest BCUT2D eigenvalue weighted by atomic mass is 16.5. The number of likely N-dealkylation sites (N-methyl/N-ethyl adjacent to an activating group) is 1. The van der Waals surface area contributed by atoms with Crippen LogP contribution < -0.4 is 5.32 Å². The average molecular weight is 241 g/mol. The molecule has 1 rings (SSSR count). The van der Waals surface area contributed by atoms with E-state index in [1.54, 1.807) is 0 Å². The topological polar surface area (TPSA) is 21.3 Å². The van der Waals surface area contributed by atoms with Gasteiger partial charge >= 0.3 is 0 Å². The minimum absolute atomic E-state index is 0.116. The fourth-order valence-corrected chi connectivity index (χ4v) is 3.20. The monoisotopic (exact) mass is 241 g/mol. The molecule has 0 amide bonds. The first-order valence-corrected chi connectivity index (χ1v) is 7.49. The standard InChI is InChI=1S/C15H31NO/c1-5-13(3)12-14(16-4)15(17-6-2)10-8-7-9-11-15/h13-14,16H,5-12H2,1-4H3. The maximum Gasteiger partial charge on any atom is 0.0834 e. The number of rotatable bonds is 7. The van der Waals surface area contributed by atoms with Crippen molar-refractivity contribution in [3.8, 4) is 0 Å². The van der Waals surface area contributed by atoms with E-state index in [4.69, 9.17) is 4.74 Å². The molecule has 2 unspecified atom stereocenters. The van der Waals surface area contributed by atoms with Gasteiger partial charge in [0.2, 0.25) is 0 Å². The van der Waals surface area contributed by atoms with Gasteiger partial charge in [0, 0.05) is 12.6 Å². The van der Waals surface area contributed by atoms with E-state index in [0.29, 0.717) is 6.04 Å². The predicted octanol–water partition coefficient (Wildman–Crippen LogP) is 3.75. The molecule has 2 nitrogen and oxygen atoms in total. The summed E-state index contributed by atoms with van der Waals surface area (Å²) in [4.78, 5) is 0. The lowest BCUT2D eigenvalue weighted by Crippen LogP contribution is -2.53. The molecule has 1 aliphatic rings. The van der Waals surface area contributed by atoms with Gasteiger partial charge in [-0.15, -0.1) is 0 Å². The van der Waals surface area contributed by atoms with E-state index in [1.165, 1.54) is 44.9 Å². The summed E-state index contributed by atoms with van der Waals surface area (Å²) >= 11 is 0. The highest BCUT2D eigenvalue weighted by Gasteiger charge is 2.40. The average Bonchev–Trinajstić information content (AvgIpc) is 2.37. The van der Waals surface area contributed by atoms with Gasteiger partial charge < -0.3 is 10.1 Å². The van der Waals surface area contributed by atoms with E-state index < -0.39 is 0 Å². The van der Waals surface area contributed by atoms with Gasteiger partial charge in [0.15, 0.2) is 0 Å². The summed E-state index contributed by atoms with van der Waals surface area (Å²) in [5.41, 5.74) is 0.116. The Morgan fingerprint density at radius 1 is 1.18 bits per heavy atom. The molecule has 17 heavy (non-hydrogen) atoms. The van der Waals surface area contributed by atoms with E-state index in [2.05, 4.69) is 33.1 Å². The quantitative estimate of drug-likeness (QED) is 0.733. The lowest BCUT2D eigenvalue weighted by Gasteiger charge is -2.44. The Kier molecular flexibility index (Phi) is 6.50. The molecular weight excluding hydrogens is 210 g/mol. The van der Waals surface area contributed by atoms with Crippen molar-refractivity contribution in [2.75, 3.05) is 13.7 Å². The molecule has 1 N–H and O–H groups in total. The molecule has 0 saturated heterocycles. The Bertz CT molecular complexity index is 194. The van der Waals surface area contributed by atoms with Crippen molar-refractivity contribution in [2.24, 2.45) is 5.92 Å². The van der Waals surface area contributed by atoms with Crippen molar-refractivity contribution < 1.29 is 4.74 Å². The van der Waals surface area contributed by atoms with Gasteiger partial charge in [0.25, 0.3) is 0 Å². The smallest absolute Gasteiger partial charge is 0.0834 e. The minimum atomic E-state index is 0.116. The van der Waals surface area contributed by atoms with Crippen molar-refractivity contribution >= 4 is 0 Å². The molecule has 102 valence electrons. The summed E-state index contributed by atoms with van der Waals surface area (Å²) in [6.07, 6.45) is 9.03. The van der Waals surface area contributed by atoms with Crippen molar-refractivity contribution in [3.05, 3.63) is 0 Å². The van der Waals surface area contributed by atoms with Crippen LogP contribution in [0.2, 0.25) is 0 Å². The van der Waals surface area contributed by atoms with Gasteiger partial charge in [-0.3, -0.25) is 0 Å². The third-order valence-corrected chi connectivity index (χ3v) is 4.45. The van der Waals surface area contributed by atoms with Crippen molar-refractivity contribution in [2.45, 2.75) is 77.4 Å². The number of hydrogen-bond donors (Lipinski definition) is 1. The second kappa shape index (κ2) is 7.38. The Balaban J connectivity index is 2.70. The molecule has 0 bridgehead atoms. The highest BCUT2D eigenvalue weighted by molar-refractivity contribution is 4.95. The fourth-order valence-electron chi connectivity index (χ4n) is 3.20.